The third-order valence-electron chi connectivity index (χ3n) is 5.87. The van der Waals surface area contributed by atoms with E-state index >= 15 is 0 Å². The Kier molecular flexibility index (Phi) is 20.2. The van der Waals surface area contributed by atoms with Crippen molar-refractivity contribution in [3.8, 4) is 0 Å². The molecule has 0 aromatic heterocycles. The standard InChI is InChI=1S/C25H53O3P/c1-6-9-10-11-12-13-14-15-16-17-18-19-20-21-22-23-29(26,27-24(4)7-2)28-25(5)8-3/h24-25H,6-23H2,1-5H3. The first-order valence-corrected chi connectivity index (χ1v) is 14.7. The van der Waals surface area contributed by atoms with E-state index in [9.17, 15) is 4.57 Å². The van der Waals surface area contributed by atoms with Gasteiger partial charge in [-0.15, -0.1) is 0 Å². The van der Waals surface area contributed by atoms with Gasteiger partial charge in [0.1, 0.15) is 0 Å². The van der Waals surface area contributed by atoms with Crippen molar-refractivity contribution in [1.29, 1.82) is 0 Å². The Bertz CT molecular complexity index is 370. The largest absolute Gasteiger partial charge is 0.331 e. The maximum atomic E-state index is 13.0. The third-order valence-corrected chi connectivity index (χ3v) is 8.09. The monoisotopic (exact) mass is 432 g/mol. The van der Waals surface area contributed by atoms with Gasteiger partial charge >= 0.3 is 7.60 Å². The fourth-order valence-electron chi connectivity index (χ4n) is 3.50. The summed E-state index contributed by atoms with van der Waals surface area (Å²) in [6.45, 7) is 10.4. The van der Waals surface area contributed by atoms with E-state index in [4.69, 9.17) is 9.05 Å². The van der Waals surface area contributed by atoms with Gasteiger partial charge in [-0.2, -0.15) is 0 Å². The number of hydrogen-bond acceptors (Lipinski definition) is 3. The second-order valence-corrected chi connectivity index (χ2v) is 11.0. The molecule has 29 heavy (non-hydrogen) atoms. The van der Waals surface area contributed by atoms with Crippen LogP contribution in [0.2, 0.25) is 0 Å². The molecule has 3 nitrogen and oxygen atoms in total. The molecule has 0 fully saturated rings. The number of rotatable bonds is 22. The second-order valence-electron chi connectivity index (χ2n) is 8.93. The van der Waals surface area contributed by atoms with Gasteiger partial charge in [-0.25, -0.2) is 0 Å². The summed E-state index contributed by atoms with van der Waals surface area (Å²) in [5.74, 6) is 0. The van der Waals surface area contributed by atoms with Gasteiger partial charge in [-0.1, -0.05) is 111 Å². The lowest BCUT2D eigenvalue weighted by Gasteiger charge is -2.24. The Balaban J connectivity index is 3.66. The van der Waals surface area contributed by atoms with Crippen molar-refractivity contribution in [3.05, 3.63) is 0 Å². The van der Waals surface area contributed by atoms with Crippen molar-refractivity contribution in [3.63, 3.8) is 0 Å². The van der Waals surface area contributed by atoms with E-state index in [0.29, 0.717) is 6.16 Å². The highest BCUT2D eigenvalue weighted by atomic mass is 31.2. The molecule has 0 aliphatic carbocycles. The smallest absolute Gasteiger partial charge is 0.306 e. The minimum Gasteiger partial charge on any atom is -0.306 e. The summed E-state index contributed by atoms with van der Waals surface area (Å²) in [6.07, 6.45) is 22.4. The van der Waals surface area contributed by atoms with Crippen LogP contribution in [0.5, 0.6) is 0 Å². The highest BCUT2D eigenvalue weighted by Crippen LogP contribution is 2.51. The normalized spacial score (nSPS) is 15.9. The molecule has 0 aromatic rings. The summed E-state index contributed by atoms with van der Waals surface area (Å²) >= 11 is 0. The first-order chi connectivity index (χ1) is 14.0. The Morgan fingerprint density at radius 1 is 0.552 bits per heavy atom. The van der Waals surface area contributed by atoms with Crippen molar-refractivity contribution < 1.29 is 13.6 Å². The van der Waals surface area contributed by atoms with Gasteiger partial charge in [0.15, 0.2) is 0 Å². The van der Waals surface area contributed by atoms with Crippen molar-refractivity contribution in [2.75, 3.05) is 6.16 Å². The van der Waals surface area contributed by atoms with Gasteiger partial charge in [-0.05, 0) is 33.1 Å². The molecular formula is C25H53O3P. The summed E-state index contributed by atoms with van der Waals surface area (Å²) in [6, 6.07) is 0. The Morgan fingerprint density at radius 2 is 0.862 bits per heavy atom. The van der Waals surface area contributed by atoms with Crippen LogP contribution in [0.15, 0.2) is 0 Å². The Hall–Kier alpha value is 0.150. The molecule has 0 aliphatic heterocycles. The first-order valence-electron chi connectivity index (χ1n) is 12.9. The molecule has 176 valence electrons. The van der Waals surface area contributed by atoms with E-state index in [1.165, 1.54) is 83.5 Å². The van der Waals surface area contributed by atoms with Crippen molar-refractivity contribution in [2.24, 2.45) is 0 Å². The van der Waals surface area contributed by atoms with Gasteiger partial charge in [0.05, 0.1) is 18.4 Å². The average Bonchev–Trinajstić information content (AvgIpc) is 2.70. The fraction of sp³-hybridized carbons (Fsp3) is 1.00. The van der Waals surface area contributed by atoms with Gasteiger partial charge in [0, 0.05) is 0 Å². The maximum absolute atomic E-state index is 13.0. The van der Waals surface area contributed by atoms with E-state index < -0.39 is 7.60 Å². The summed E-state index contributed by atoms with van der Waals surface area (Å²) in [5.41, 5.74) is 0. The lowest BCUT2D eigenvalue weighted by Crippen LogP contribution is -2.13. The predicted molar refractivity (Wildman–Crippen MR) is 129 cm³/mol. The maximum Gasteiger partial charge on any atom is 0.331 e. The number of unbranched alkanes of at least 4 members (excludes halogenated alkanes) is 14. The molecular weight excluding hydrogens is 379 g/mol. The lowest BCUT2D eigenvalue weighted by atomic mass is 10.0. The van der Waals surface area contributed by atoms with Crippen LogP contribution in [0, 0.1) is 0 Å². The zero-order valence-corrected chi connectivity index (χ0v) is 21.4. The molecule has 0 saturated heterocycles. The van der Waals surface area contributed by atoms with E-state index in [-0.39, 0.29) is 12.2 Å². The van der Waals surface area contributed by atoms with Gasteiger partial charge < -0.3 is 9.05 Å². The van der Waals surface area contributed by atoms with Crippen LogP contribution in [0.4, 0.5) is 0 Å². The molecule has 0 N–H and O–H groups in total. The first kappa shape index (κ1) is 29.1. The van der Waals surface area contributed by atoms with Gasteiger partial charge in [-0.3, -0.25) is 4.57 Å². The van der Waals surface area contributed by atoms with Crippen molar-refractivity contribution in [1.82, 2.24) is 0 Å². The highest BCUT2D eigenvalue weighted by Gasteiger charge is 2.28. The summed E-state index contributed by atoms with van der Waals surface area (Å²) in [5, 5.41) is 0. The molecule has 0 bridgehead atoms. The molecule has 0 amide bonds. The average molecular weight is 433 g/mol. The molecule has 0 heterocycles. The highest BCUT2D eigenvalue weighted by molar-refractivity contribution is 7.53. The van der Waals surface area contributed by atoms with Crippen LogP contribution in [-0.4, -0.2) is 18.4 Å². The lowest BCUT2D eigenvalue weighted by molar-refractivity contribution is 0.123. The Morgan fingerprint density at radius 3 is 1.17 bits per heavy atom. The summed E-state index contributed by atoms with van der Waals surface area (Å²) in [7, 11) is -2.95. The van der Waals surface area contributed by atoms with E-state index in [1.807, 2.05) is 13.8 Å². The van der Waals surface area contributed by atoms with Gasteiger partial charge in [0.2, 0.25) is 0 Å². The zero-order chi connectivity index (χ0) is 21.8. The minimum absolute atomic E-state index is 0.00114. The van der Waals surface area contributed by atoms with Gasteiger partial charge in [0.25, 0.3) is 0 Å². The molecule has 0 rings (SSSR count). The predicted octanol–water partition coefficient (Wildman–Crippen LogP) is 9.68. The number of hydrogen-bond donors (Lipinski definition) is 0. The summed E-state index contributed by atoms with van der Waals surface area (Å²) < 4.78 is 24.7. The van der Waals surface area contributed by atoms with Crippen LogP contribution in [-0.2, 0) is 13.6 Å². The fourth-order valence-corrected chi connectivity index (χ4v) is 5.77. The zero-order valence-electron chi connectivity index (χ0n) is 20.6. The molecule has 4 heteroatoms. The molecule has 0 saturated carbocycles. The molecule has 2 atom stereocenters. The van der Waals surface area contributed by atoms with Crippen LogP contribution in [0.3, 0.4) is 0 Å². The van der Waals surface area contributed by atoms with Crippen LogP contribution >= 0.6 is 7.60 Å². The quantitative estimate of drug-likeness (QED) is 0.126. The topological polar surface area (TPSA) is 35.5 Å². The molecule has 0 aromatic carbocycles. The third kappa shape index (κ3) is 18.6. The van der Waals surface area contributed by atoms with Crippen molar-refractivity contribution >= 4 is 7.60 Å². The van der Waals surface area contributed by atoms with E-state index in [2.05, 4.69) is 20.8 Å². The molecule has 0 radical (unpaired) electrons. The molecule has 0 aliphatic rings. The Labute approximate surface area is 183 Å². The molecule has 0 spiro atoms. The van der Waals surface area contributed by atoms with E-state index in [0.717, 1.165) is 25.7 Å². The summed E-state index contributed by atoms with van der Waals surface area (Å²) in [4.78, 5) is 0. The van der Waals surface area contributed by atoms with Crippen LogP contribution in [0.25, 0.3) is 0 Å². The van der Waals surface area contributed by atoms with Crippen LogP contribution in [0.1, 0.15) is 144 Å². The SMILES string of the molecule is CCCCCCCCCCCCCCCCCP(=O)(OC(C)CC)OC(C)CC. The van der Waals surface area contributed by atoms with Crippen LogP contribution < -0.4 is 0 Å². The minimum atomic E-state index is -2.95. The molecule has 2 unspecified atom stereocenters. The van der Waals surface area contributed by atoms with E-state index in [1.54, 1.807) is 0 Å². The second kappa shape index (κ2) is 20.1. The van der Waals surface area contributed by atoms with Crippen molar-refractivity contribution in [2.45, 2.75) is 156 Å².